The molecule has 0 fully saturated rings. The Hall–Kier alpha value is -0.980. The monoisotopic (exact) mass is 205 g/mol. The van der Waals surface area contributed by atoms with Crippen LogP contribution in [0.5, 0.6) is 0 Å². The van der Waals surface area contributed by atoms with Crippen molar-refractivity contribution in [3.05, 3.63) is 29.3 Å². The highest BCUT2D eigenvalue weighted by Crippen LogP contribution is 2.21. The Morgan fingerprint density at radius 3 is 2.53 bits per heavy atom. The molecule has 1 rings (SSSR count). The summed E-state index contributed by atoms with van der Waals surface area (Å²) < 4.78 is 0. The Morgan fingerprint density at radius 1 is 1.13 bits per heavy atom. The van der Waals surface area contributed by atoms with Crippen LogP contribution in [0.15, 0.2) is 18.2 Å². The second kappa shape index (κ2) is 5.79. The molecule has 1 aromatic rings. The quantitative estimate of drug-likeness (QED) is 0.658. The van der Waals surface area contributed by atoms with Crippen LogP contribution in [0.4, 0.5) is 5.69 Å². The Balaban J connectivity index is 2.65. The average molecular weight is 205 g/mol. The molecule has 0 spiro atoms. The van der Waals surface area contributed by atoms with E-state index in [-0.39, 0.29) is 0 Å². The van der Waals surface area contributed by atoms with Gasteiger partial charge in [-0.1, -0.05) is 31.9 Å². The first kappa shape index (κ1) is 12.1. The third-order valence-electron chi connectivity index (χ3n) is 3.08. The minimum atomic E-state index is 1.16. The van der Waals surface area contributed by atoms with Crippen LogP contribution >= 0.6 is 0 Å². The summed E-state index contributed by atoms with van der Waals surface area (Å²) >= 11 is 0. The van der Waals surface area contributed by atoms with E-state index in [1.807, 2.05) is 0 Å². The smallest absolute Gasteiger partial charge is 0.0395 e. The second-order valence-electron chi connectivity index (χ2n) is 4.35. The van der Waals surface area contributed by atoms with Crippen LogP contribution in [0.25, 0.3) is 0 Å². The van der Waals surface area contributed by atoms with Gasteiger partial charge in [-0.15, -0.1) is 0 Å². The molecule has 0 atom stereocenters. The fourth-order valence-corrected chi connectivity index (χ4v) is 1.87. The Bertz CT molecular complexity index is 304. The highest BCUT2D eigenvalue weighted by molar-refractivity contribution is 5.55. The first-order valence-electron chi connectivity index (χ1n) is 5.94. The van der Waals surface area contributed by atoms with E-state index in [0.29, 0.717) is 0 Å². The average Bonchev–Trinajstić information content (AvgIpc) is 2.22. The van der Waals surface area contributed by atoms with Gasteiger partial charge in [-0.3, -0.25) is 0 Å². The summed E-state index contributed by atoms with van der Waals surface area (Å²) in [4.78, 5) is 2.37. The van der Waals surface area contributed by atoms with Crippen molar-refractivity contribution in [1.82, 2.24) is 0 Å². The highest BCUT2D eigenvalue weighted by Gasteiger charge is 2.04. The number of unbranched alkanes of at least 4 members (excludes halogenated alkanes) is 2. The van der Waals surface area contributed by atoms with Crippen LogP contribution in [-0.2, 0) is 0 Å². The molecule has 0 aliphatic heterocycles. The second-order valence-corrected chi connectivity index (χ2v) is 4.35. The van der Waals surface area contributed by atoms with E-state index < -0.39 is 0 Å². The zero-order valence-electron chi connectivity index (χ0n) is 10.5. The molecule has 1 heteroatoms. The molecule has 1 nitrogen and oxygen atoms in total. The molecule has 84 valence electrons. The molecule has 0 aliphatic rings. The van der Waals surface area contributed by atoms with Gasteiger partial charge < -0.3 is 4.90 Å². The number of hydrogen-bond donors (Lipinski definition) is 0. The van der Waals surface area contributed by atoms with Gasteiger partial charge in [0.05, 0.1) is 0 Å². The predicted molar refractivity (Wildman–Crippen MR) is 68.7 cm³/mol. The van der Waals surface area contributed by atoms with Crippen LogP contribution in [0, 0.1) is 13.8 Å². The van der Waals surface area contributed by atoms with Gasteiger partial charge in [-0.05, 0) is 37.5 Å². The zero-order chi connectivity index (χ0) is 11.3. The van der Waals surface area contributed by atoms with E-state index in [4.69, 9.17) is 0 Å². The molecule has 0 radical (unpaired) electrons. The number of rotatable bonds is 5. The molecule has 15 heavy (non-hydrogen) atoms. The molecule has 1 aromatic carbocycles. The number of hydrogen-bond acceptors (Lipinski definition) is 1. The zero-order valence-corrected chi connectivity index (χ0v) is 10.5. The van der Waals surface area contributed by atoms with Crippen molar-refractivity contribution in [2.75, 3.05) is 18.5 Å². The maximum Gasteiger partial charge on any atom is 0.0395 e. The summed E-state index contributed by atoms with van der Waals surface area (Å²) in [6.07, 6.45) is 3.91. The van der Waals surface area contributed by atoms with Crippen LogP contribution in [0.2, 0.25) is 0 Å². The lowest BCUT2D eigenvalue weighted by Gasteiger charge is -2.22. The van der Waals surface area contributed by atoms with Gasteiger partial charge in [0.25, 0.3) is 0 Å². The number of aryl methyl sites for hydroxylation is 1. The van der Waals surface area contributed by atoms with Crippen molar-refractivity contribution < 1.29 is 0 Å². The summed E-state index contributed by atoms with van der Waals surface area (Å²) in [7, 11) is 2.19. The van der Waals surface area contributed by atoms with Gasteiger partial charge in [0.15, 0.2) is 0 Å². The first-order valence-corrected chi connectivity index (χ1v) is 5.94. The summed E-state index contributed by atoms with van der Waals surface area (Å²) in [5, 5.41) is 0. The maximum atomic E-state index is 2.37. The van der Waals surface area contributed by atoms with Crippen LogP contribution in [0.1, 0.15) is 37.3 Å². The molecular formula is C14H23N. The summed E-state index contributed by atoms with van der Waals surface area (Å²) in [6, 6.07) is 6.54. The van der Waals surface area contributed by atoms with E-state index >= 15 is 0 Å². The lowest BCUT2D eigenvalue weighted by molar-refractivity contribution is 0.704. The van der Waals surface area contributed by atoms with Crippen molar-refractivity contribution in [3.63, 3.8) is 0 Å². The number of anilines is 1. The van der Waals surface area contributed by atoms with Gasteiger partial charge in [0.2, 0.25) is 0 Å². The molecule has 0 bridgehead atoms. The topological polar surface area (TPSA) is 3.24 Å². The predicted octanol–water partition coefficient (Wildman–Crippen LogP) is 3.93. The normalized spacial score (nSPS) is 10.4. The van der Waals surface area contributed by atoms with Gasteiger partial charge in [-0.25, -0.2) is 0 Å². The summed E-state index contributed by atoms with van der Waals surface area (Å²) in [5.41, 5.74) is 4.18. The third-order valence-corrected chi connectivity index (χ3v) is 3.08. The fraction of sp³-hybridized carbons (Fsp3) is 0.571. The maximum absolute atomic E-state index is 2.37. The summed E-state index contributed by atoms with van der Waals surface area (Å²) in [6.45, 7) is 7.80. The lowest BCUT2D eigenvalue weighted by atomic mass is 10.1. The number of nitrogens with zero attached hydrogens (tertiary/aromatic N) is 1. The van der Waals surface area contributed by atoms with E-state index in [1.165, 1.54) is 36.1 Å². The third kappa shape index (κ3) is 3.26. The van der Waals surface area contributed by atoms with E-state index in [1.54, 1.807) is 0 Å². The molecule has 0 aromatic heterocycles. The molecule has 0 heterocycles. The Labute approximate surface area is 94.1 Å². The first-order chi connectivity index (χ1) is 7.16. The highest BCUT2D eigenvalue weighted by atomic mass is 15.1. The molecule has 0 unspecified atom stereocenters. The summed E-state index contributed by atoms with van der Waals surface area (Å²) in [5.74, 6) is 0. The largest absolute Gasteiger partial charge is 0.374 e. The standard InChI is InChI=1S/C14H23N/c1-5-6-7-11-15(4)14-10-8-9-12(2)13(14)3/h8-10H,5-7,11H2,1-4H3. The van der Waals surface area contributed by atoms with E-state index in [2.05, 4.69) is 50.9 Å². The van der Waals surface area contributed by atoms with Crippen molar-refractivity contribution in [1.29, 1.82) is 0 Å². The van der Waals surface area contributed by atoms with Crippen molar-refractivity contribution in [3.8, 4) is 0 Å². The van der Waals surface area contributed by atoms with Gasteiger partial charge in [0.1, 0.15) is 0 Å². The lowest BCUT2D eigenvalue weighted by Crippen LogP contribution is -2.19. The van der Waals surface area contributed by atoms with Gasteiger partial charge in [0, 0.05) is 19.3 Å². The fourth-order valence-electron chi connectivity index (χ4n) is 1.87. The molecule has 0 aliphatic carbocycles. The minimum absolute atomic E-state index is 1.16. The van der Waals surface area contributed by atoms with Crippen LogP contribution in [-0.4, -0.2) is 13.6 Å². The Morgan fingerprint density at radius 2 is 1.87 bits per heavy atom. The van der Waals surface area contributed by atoms with Crippen molar-refractivity contribution >= 4 is 5.69 Å². The molecule has 0 saturated carbocycles. The van der Waals surface area contributed by atoms with Crippen LogP contribution in [0.3, 0.4) is 0 Å². The minimum Gasteiger partial charge on any atom is -0.374 e. The molecular weight excluding hydrogens is 182 g/mol. The number of benzene rings is 1. The van der Waals surface area contributed by atoms with Crippen molar-refractivity contribution in [2.45, 2.75) is 40.0 Å². The molecule has 0 amide bonds. The van der Waals surface area contributed by atoms with Gasteiger partial charge in [-0.2, -0.15) is 0 Å². The SMILES string of the molecule is CCCCCN(C)c1cccc(C)c1C. The van der Waals surface area contributed by atoms with Crippen LogP contribution < -0.4 is 4.90 Å². The molecule has 0 N–H and O–H groups in total. The van der Waals surface area contributed by atoms with E-state index in [0.717, 1.165) is 6.54 Å². The molecule has 0 saturated heterocycles. The Kier molecular flexibility index (Phi) is 4.67. The van der Waals surface area contributed by atoms with E-state index in [9.17, 15) is 0 Å². The van der Waals surface area contributed by atoms with Gasteiger partial charge >= 0.3 is 0 Å². The van der Waals surface area contributed by atoms with Crippen molar-refractivity contribution in [2.24, 2.45) is 0 Å².